The van der Waals surface area contributed by atoms with Crippen LogP contribution in [-0.2, 0) is 32.8 Å². The maximum absolute atomic E-state index is 15.4. The first-order chi connectivity index (χ1) is 29.8. The maximum atomic E-state index is 15.4. The van der Waals surface area contributed by atoms with Crippen LogP contribution < -0.4 is 14.4 Å². The number of aromatic hydroxyl groups is 1. The standard InChI is InChI=1S/C48H48ClN5O7S/c1-25-32-21-28(49)11-14-38(32)62-43(25)35-23-39(51(3)50-35)54-45(57)34-22-33-30(41(48(34,2)47(54)59)27-19-36(60-4)42(55)37(20-27)61-5)12-13-31-40(33)46(58)53(44(31)56)29-15-17-52(18-16-29)24-26-9-7-6-8-10-26/h6-12,14,19-21,23,29,31,33-34,40-41,55H,13,15-18,22,24H2,1-5H3. The molecule has 0 spiro atoms. The fourth-order valence-corrected chi connectivity index (χ4v) is 12.8. The van der Waals surface area contributed by atoms with Gasteiger partial charge in [0.15, 0.2) is 11.5 Å². The van der Waals surface area contributed by atoms with Crippen molar-refractivity contribution in [3.05, 3.63) is 100 Å². The molecule has 14 heteroatoms. The lowest BCUT2D eigenvalue weighted by atomic mass is 9.51. The zero-order chi connectivity index (χ0) is 43.4. The zero-order valence-electron chi connectivity index (χ0n) is 35.3. The topological polar surface area (TPSA) is 135 Å². The third-order valence-electron chi connectivity index (χ3n) is 14.5. The molecular weight excluding hydrogens is 826 g/mol. The highest BCUT2D eigenvalue weighted by molar-refractivity contribution is 7.22. The number of anilines is 1. The van der Waals surface area contributed by atoms with Crippen molar-refractivity contribution in [2.75, 3.05) is 32.2 Å². The van der Waals surface area contributed by atoms with E-state index in [4.69, 9.17) is 26.2 Å². The molecular formula is C48H48ClN5O7S. The summed E-state index contributed by atoms with van der Waals surface area (Å²) >= 11 is 7.93. The van der Waals surface area contributed by atoms with Crippen molar-refractivity contribution in [1.29, 1.82) is 0 Å². The number of aromatic nitrogens is 2. The van der Waals surface area contributed by atoms with Gasteiger partial charge in [0.05, 0.1) is 42.3 Å². The Bertz CT molecular complexity index is 2700. The number of aryl methyl sites for hydroxylation is 2. The van der Waals surface area contributed by atoms with Gasteiger partial charge >= 0.3 is 0 Å². The quantitative estimate of drug-likeness (QED) is 0.122. The number of methoxy groups -OCH3 is 2. The number of hydrogen-bond acceptors (Lipinski definition) is 10. The molecule has 320 valence electrons. The maximum Gasteiger partial charge on any atom is 0.242 e. The number of phenolic OH excluding ortho intramolecular Hbond substituents is 1. The molecule has 3 aliphatic heterocycles. The highest BCUT2D eigenvalue weighted by Gasteiger charge is 2.68. The van der Waals surface area contributed by atoms with Crippen molar-refractivity contribution < 1.29 is 33.8 Å². The number of fused-ring (bicyclic) bond motifs is 5. The molecule has 6 atom stereocenters. The number of carbonyl (C=O) groups is 4. The number of nitrogens with zero attached hydrogens (tertiary/aromatic N) is 5. The van der Waals surface area contributed by atoms with Gasteiger partial charge in [-0.15, -0.1) is 11.3 Å². The molecule has 4 amide bonds. The van der Waals surface area contributed by atoms with Crippen LogP contribution in [0.3, 0.4) is 0 Å². The Kier molecular flexibility index (Phi) is 9.88. The van der Waals surface area contributed by atoms with E-state index in [9.17, 15) is 14.7 Å². The Labute approximate surface area is 368 Å². The Morgan fingerprint density at radius 2 is 1.63 bits per heavy atom. The lowest BCUT2D eigenvalue weighted by Crippen LogP contribution is -2.49. The van der Waals surface area contributed by atoms with Gasteiger partial charge < -0.3 is 14.6 Å². The van der Waals surface area contributed by atoms with E-state index in [2.05, 4.69) is 17.0 Å². The van der Waals surface area contributed by atoms with E-state index in [0.29, 0.717) is 41.4 Å². The van der Waals surface area contributed by atoms with Gasteiger partial charge in [0.25, 0.3) is 0 Å². The number of allylic oxidation sites excluding steroid dienone is 2. The average Bonchev–Trinajstić information content (AvgIpc) is 3.94. The molecule has 2 aliphatic carbocycles. The van der Waals surface area contributed by atoms with E-state index in [1.54, 1.807) is 46.2 Å². The first kappa shape index (κ1) is 40.6. The van der Waals surface area contributed by atoms with E-state index in [-0.39, 0.29) is 47.4 Å². The Morgan fingerprint density at radius 1 is 0.919 bits per heavy atom. The zero-order valence-corrected chi connectivity index (χ0v) is 36.8. The fourth-order valence-electron chi connectivity index (χ4n) is 11.5. The van der Waals surface area contributed by atoms with E-state index in [0.717, 1.165) is 45.7 Å². The first-order valence-corrected chi connectivity index (χ1v) is 22.4. The molecule has 12 nitrogen and oxygen atoms in total. The van der Waals surface area contributed by atoms with Crippen molar-refractivity contribution in [2.24, 2.45) is 36.1 Å². The van der Waals surface area contributed by atoms with Gasteiger partial charge in [-0.3, -0.25) is 33.7 Å². The SMILES string of the molecule is COc1cc(C2C3=CCC4C(=O)N(C5CCN(Cc6ccccc6)CC5)C(=O)C4C3CC3C(=O)N(c4cc(-c5sc6ccc(Cl)cc6c5C)nn4C)C(=O)C32C)cc(OC)c1O. The van der Waals surface area contributed by atoms with Gasteiger partial charge in [-0.05, 0) is 97.9 Å². The molecule has 3 aromatic carbocycles. The van der Waals surface area contributed by atoms with Crippen molar-refractivity contribution in [2.45, 2.75) is 58.0 Å². The third-order valence-corrected chi connectivity index (χ3v) is 16.1. The second-order valence-electron chi connectivity index (χ2n) is 17.7. The molecule has 4 fully saturated rings. The van der Waals surface area contributed by atoms with Crippen LogP contribution >= 0.6 is 22.9 Å². The molecule has 0 radical (unpaired) electrons. The van der Waals surface area contributed by atoms with Crippen molar-refractivity contribution in [1.82, 2.24) is 19.6 Å². The van der Waals surface area contributed by atoms with Crippen molar-refractivity contribution in [3.63, 3.8) is 0 Å². The van der Waals surface area contributed by atoms with Crippen LogP contribution in [0.2, 0.25) is 5.02 Å². The highest BCUT2D eigenvalue weighted by atomic mass is 35.5. The van der Waals surface area contributed by atoms with Gasteiger partial charge in [-0.25, -0.2) is 4.90 Å². The van der Waals surface area contributed by atoms with Crippen LogP contribution in [0.4, 0.5) is 5.82 Å². The molecule has 6 unspecified atom stereocenters. The largest absolute Gasteiger partial charge is 0.502 e. The summed E-state index contributed by atoms with van der Waals surface area (Å²) in [6, 6.07) is 21.0. The normalized spacial score (nSPS) is 26.5. The molecule has 1 N–H and O–H groups in total. The van der Waals surface area contributed by atoms with E-state index in [1.807, 2.05) is 56.3 Å². The number of rotatable bonds is 8. The van der Waals surface area contributed by atoms with Crippen LogP contribution in [-0.4, -0.2) is 81.7 Å². The fraction of sp³-hybridized carbons (Fsp3) is 0.396. The van der Waals surface area contributed by atoms with Gasteiger partial charge in [0, 0.05) is 54.4 Å². The summed E-state index contributed by atoms with van der Waals surface area (Å²) in [5, 5.41) is 17.5. The lowest BCUT2D eigenvalue weighted by molar-refractivity contribution is -0.144. The molecule has 3 saturated heterocycles. The van der Waals surface area contributed by atoms with Gasteiger partial charge in [0.1, 0.15) is 11.5 Å². The molecule has 5 heterocycles. The summed E-state index contributed by atoms with van der Waals surface area (Å²) in [6.07, 6.45) is 3.98. The number of hydrogen-bond donors (Lipinski definition) is 1. The van der Waals surface area contributed by atoms with Crippen LogP contribution in [0.15, 0.2) is 78.4 Å². The Balaban J connectivity index is 1.02. The second-order valence-corrected chi connectivity index (χ2v) is 19.2. The number of imide groups is 2. The van der Waals surface area contributed by atoms with E-state index >= 15 is 9.59 Å². The molecule has 1 saturated carbocycles. The number of ether oxygens (including phenoxy) is 2. The molecule has 2 aromatic heterocycles. The van der Waals surface area contributed by atoms with Crippen LogP contribution in [0.25, 0.3) is 20.7 Å². The second kappa shape index (κ2) is 15.1. The highest BCUT2D eigenvalue weighted by Crippen LogP contribution is 2.64. The monoisotopic (exact) mass is 873 g/mol. The number of benzene rings is 3. The number of likely N-dealkylation sites (tertiary alicyclic amines) is 2. The minimum absolute atomic E-state index is 0.147. The minimum atomic E-state index is -1.33. The molecule has 5 aliphatic rings. The van der Waals surface area contributed by atoms with E-state index in [1.165, 1.54) is 24.7 Å². The Morgan fingerprint density at radius 3 is 2.32 bits per heavy atom. The van der Waals surface area contributed by atoms with Gasteiger partial charge in [-0.1, -0.05) is 53.6 Å². The Hall–Kier alpha value is -5.50. The van der Waals surface area contributed by atoms with Crippen LogP contribution in [0, 0.1) is 36.0 Å². The molecule has 0 bridgehead atoms. The number of phenols is 1. The summed E-state index contributed by atoms with van der Waals surface area (Å²) in [5.74, 6) is -3.96. The third kappa shape index (κ3) is 6.06. The summed E-state index contributed by atoms with van der Waals surface area (Å²) in [5.41, 5.74) is 2.97. The molecule has 5 aromatic rings. The number of piperidine rings is 1. The number of halogens is 1. The predicted molar refractivity (Wildman–Crippen MR) is 236 cm³/mol. The van der Waals surface area contributed by atoms with Crippen LogP contribution in [0.1, 0.15) is 55.2 Å². The molecule has 10 rings (SSSR count). The minimum Gasteiger partial charge on any atom is -0.502 e. The predicted octanol–water partition coefficient (Wildman–Crippen LogP) is 7.88. The summed E-state index contributed by atoms with van der Waals surface area (Å²) in [4.78, 5) is 65.9. The number of thiophene rings is 1. The average molecular weight is 874 g/mol. The summed E-state index contributed by atoms with van der Waals surface area (Å²) in [7, 11) is 4.62. The smallest absolute Gasteiger partial charge is 0.242 e. The number of carbonyl (C=O) groups excluding carboxylic acids is 4. The van der Waals surface area contributed by atoms with Crippen LogP contribution in [0.5, 0.6) is 17.2 Å². The van der Waals surface area contributed by atoms with Gasteiger partial charge in [0.2, 0.25) is 29.4 Å². The summed E-state index contributed by atoms with van der Waals surface area (Å²) in [6.45, 7) is 6.20. The van der Waals surface area contributed by atoms with Gasteiger partial charge in [-0.2, -0.15) is 5.10 Å². The molecule has 62 heavy (non-hydrogen) atoms. The number of amides is 4. The summed E-state index contributed by atoms with van der Waals surface area (Å²) < 4.78 is 13.9. The van der Waals surface area contributed by atoms with Crippen molar-refractivity contribution in [3.8, 4) is 27.8 Å². The lowest BCUT2D eigenvalue weighted by Gasteiger charge is -2.49. The first-order valence-electron chi connectivity index (χ1n) is 21.2. The van der Waals surface area contributed by atoms with Crippen molar-refractivity contribution >= 4 is 62.5 Å². The van der Waals surface area contributed by atoms with E-state index < -0.39 is 40.9 Å².